The number of aryl methyl sites for hydroxylation is 1. The fourth-order valence-electron chi connectivity index (χ4n) is 2.54. The van der Waals surface area contributed by atoms with Crippen LogP contribution in [0.25, 0.3) is 0 Å². The Bertz CT molecular complexity index is 1010. The molecule has 0 saturated heterocycles. The lowest BCUT2D eigenvalue weighted by atomic mass is 10.2. The van der Waals surface area contributed by atoms with Gasteiger partial charge in [0.15, 0.2) is 5.82 Å². The standard InChI is InChI=1S/C16H15ClN6O4/c1-9-14(23(25)26)10(2)22(20-9)8-13-19-16(27-21-13)15(24)18-7-11-5-3-4-6-12(11)17/h3-6H,7-8H2,1-2H3,(H,18,24). The number of nitro groups is 1. The molecule has 2 aromatic heterocycles. The van der Waals surface area contributed by atoms with Crippen molar-refractivity contribution in [1.29, 1.82) is 0 Å². The maximum atomic E-state index is 12.1. The average Bonchev–Trinajstić information content (AvgIpc) is 3.19. The smallest absolute Gasteiger partial charge is 0.316 e. The Balaban J connectivity index is 1.68. The molecule has 0 atom stereocenters. The van der Waals surface area contributed by atoms with Gasteiger partial charge in [-0.25, -0.2) is 0 Å². The van der Waals surface area contributed by atoms with Crippen molar-refractivity contribution in [2.75, 3.05) is 0 Å². The summed E-state index contributed by atoms with van der Waals surface area (Å²) < 4.78 is 6.35. The van der Waals surface area contributed by atoms with Crippen molar-refractivity contribution in [1.82, 2.24) is 25.2 Å². The van der Waals surface area contributed by atoms with Crippen LogP contribution in [-0.4, -0.2) is 30.8 Å². The van der Waals surface area contributed by atoms with Crippen LogP contribution in [-0.2, 0) is 13.1 Å². The van der Waals surface area contributed by atoms with E-state index in [1.807, 2.05) is 6.07 Å². The Labute approximate surface area is 158 Å². The van der Waals surface area contributed by atoms with E-state index in [0.717, 1.165) is 5.56 Å². The highest BCUT2D eigenvalue weighted by Gasteiger charge is 2.23. The Kier molecular flexibility index (Phi) is 5.17. The molecule has 0 fully saturated rings. The number of benzene rings is 1. The molecule has 140 valence electrons. The first-order chi connectivity index (χ1) is 12.9. The topological polar surface area (TPSA) is 129 Å². The van der Waals surface area contributed by atoms with Gasteiger partial charge in [-0.3, -0.25) is 19.6 Å². The molecule has 11 heteroatoms. The van der Waals surface area contributed by atoms with Gasteiger partial charge in [0, 0.05) is 11.6 Å². The van der Waals surface area contributed by atoms with Gasteiger partial charge in [0.1, 0.15) is 17.9 Å². The van der Waals surface area contributed by atoms with Gasteiger partial charge in [-0.2, -0.15) is 10.1 Å². The van der Waals surface area contributed by atoms with E-state index in [9.17, 15) is 14.9 Å². The van der Waals surface area contributed by atoms with Crippen LogP contribution in [0.3, 0.4) is 0 Å². The Hall–Kier alpha value is -3.27. The van der Waals surface area contributed by atoms with Gasteiger partial charge in [0.25, 0.3) is 0 Å². The number of nitrogens with one attached hydrogen (secondary N) is 1. The van der Waals surface area contributed by atoms with Gasteiger partial charge < -0.3 is 9.84 Å². The second-order valence-corrected chi connectivity index (χ2v) is 6.13. The van der Waals surface area contributed by atoms with Crippen LogP contribution >= 0.6 is 11.6 Å². The third-order valence-corrected chi connectivity index (χ3v) is 4.25. The number of aromatic nitrogens is 4. The highest BCUT2D eigenvalue weighted by molar-refractivity contribution is 6.31. The van der Waals surface area contributed by atoms with Gasteiger partial charge >= 0.3 is 17.5 Å². The molecule has 27 heavy (non-hydrogen) atoms. The van der Waals surface area contributed by atoms with E-state index < -0.39 is 10.8 Å². The van der Waals surface area contributed by atoms with Gasteiger partial charge in [0.05, 0.1) is 4.92 Å². The zero-order chi connectivity index (χ0) is 19.6. The summed E-state index contributed by atoms with van der Waals surface area (Å²) >= 11 is 6.04. The van der Waals surface area contributed by atoms with Crippen molar-refractivity contribution in [2.24, 2.45) is 0 Å². The van der Waals surface area contributed by atoms with E-state index in [-0.39, 0.29) is 30.5 Å². The molecule has 0 bridgehead atoms. The summed E-state index contributed by atoms with van der Waals surface area (Å²) in [7, 11) is 0. The predicted molar refractivity (Wildman–Crippen MR) is 94.4 cm³/mol. The molecular formula is C16H15ClN6O4. The van der Waals surface area contributed by atoms with E-state index >= 15 is 0 Å². The SMILES string of the molecule is Cc1nn(Cc2noc(C(=O)NCc3ccccc3Cl)n2)c(C)c1[N+](=O)[O-]. The number of carbonyl (C=O) groups is 1. The molecule has 3 rings (SSSR count). The molecule has 1 amide bonds. The number of rotatable bonds is 6. The lowest BCUT2D eigenvalue weighted by Gasteiger charge is -2.04. The summed E-state index contributed by atoms with van der Waals surface area (Å²) in [5, 5.41) is 22.1. The summed E-state index contributed by atoms with van der Waals surface area (Å²) in [6, 6.07) is 7.12. The normalized spacial score (nSPS) is 10.8. The van der Waals surface area contributed by atoms with Crippen molar-refractivity contribution < 1.29 is 14.2 Å². The van der Waals surface area contributed by atoms with Crippen LogP contribution in [0.2, 0.25) is 5.02 Å². The number of hydrogen-bond donors (Lipinski definition) is 1. The molecule has 0 aliphatic heterocycles. The maximum absolute atomic E-state index is 12.1. The third kappa shape index (κ3) is 3.95. The average molecular weight is 391 g/mol. The summed E-state index contributed by atoms with van der Waals surface area (Å²) in [6.07, 6.45) is 0. The van der Waals surface area contributed by atoms with E-state index in [4.69, 9.17) is 16.1 Å². The lowest BCUT2D eigenvalue weighted by Crippen LogP contribution is -2.23. The Morgan fingerprint density at radius 3 is 2.78 bits per heavy atom. The Morgan fingerprint density at radius 1 is 1.37 bits per heavy atom. The molecule has 0 aliphatic rings. The zero-order valence-electron chi connectivity index (χ0n) is 14.5. The number of amides is 1. The highest BCUT2D eigenvalue weighted by Crippen LogP contribution is 2.22. The first kappa shape index (κ1) is 18.5. The molecule has 1 aromatic carbocycles. The zero-order valence-corrected chi connectivity index (χ0v) is 15.2. The quantitative estimate of drug-likeness (QED) is 0.505. The number of nitrogens with zero attached hydrogens (tertiary/aromatic N) is 5. The maximum Gasteiger partial charge on any atom is 0.316 e. The van der Waals surface area contributed by atoms with Crippen molar-refractivity contribution in [3.63, 3.8) is 0 Å². The van der Waals surface area contributed by atoms with E-state index in [0.29, 0.717) is 16.4 Å². The minimum atomic E-state index is -0.548. The molecule has 0 radical (unpaired) electrons. The minimum Gasteiger partial charge on any atom is -0.344 e. The second-order valence-electron chi connectivity index (χ2n) is 5.72. The largest absolute Gasteiger partial charge is 0.344 e. The molecule has 2 heterocycles. The van der Waals surface area contributed by atoms with E-state index in [1.54, 1.807) is 32.0 Å². The minimum absolute atomic E-state index is 0.0435. The first-order valence-electron chi connectivity index (χ1n) is 7.89. The lowest BCUT2D eigenvalue weighted by molar-refractivity contribution is -0.386. The van der Waals surface area contributed by atoms with E-state index in [2.05, 4.69) is 20.6 Å². The van der Waals surface area contributed by atoms with Crippen LogP contribution in [0.4, 0.5) is 5.69 Å². The van der Waals surface area contributed by atoms with Crippen molar-refractivity contribution in [3.05, 3.63) is 68.1 Å². The van der Waals surface area contributed by atoms with E-state index in [1.165, 1.54) is 4.68 Å². The predicted octanol–water partition coefficient (Wildman–Crippen LogP) is 2.42. The van der Waals surface area contributed by atoms with Crippen molar-refractivity contribution in [2.45, 2.75) is 26.9 Å². The van der Waals surface area contributed by atoms with Crippen LogP contribution < -0.4 is 5.32 Å². The van der Waals surface area contributed by atoms with Gasteiger partial charge in [-0.05, 0) is 25.5 Å². The van der Waals surface area contributed by atoms with Crippen LogP contribution in [0, 0.1) is 24.0 Å². The van der Waals surface area contributed by atoms with Gasteiger partial charge in [0.2, 0.25) is 0 Å². The van der Waals surface area contributed by atoms with Crippen molar-refractivity contribution in [3.8, 4) is 0 Å². The molecule has 0 unspecified atom stereocenters. The summed E-state index contributed by atoms with van der Waals surface area (Å²) in [5.74, 6) is -0.584. The summed E-state index contributed by atoms with van der Waals surface area (Å²) in [5.41, 5.74) is 1.35. The first-order valence-corrected chi connectivity index (χ1v) is 8.27. The summed E-state index contributed by atoms with van der Waals surface area (Å²) in [4.78, 5) is 26.7. The van der Waals surface area contributed by atoms with Crippen LogP contribution in [0.15, 0.2) is 28.8 Å². The van der Waals surface area contributed by atoms with Crippen molar-refractivity contribution >= 4 is 23.2 Å². The molecule has 0 aliphatic carbocycles. The monoisotopic (exact) mass is 390 g/mol. The molecule has 0 saturated carbocycles. The van der Waals surface area contributed by atoms with Gasteiger partial charge in [-0.1, -0.05) is 35.0 Å². The summed E-state index contributed by atoms with van der Waals surface area (Å²) in [6.45, 7) is 3.38. The van der Waals surface area contributed by atoms with Crippen LogP contribution in [0.1, 0.15) is 33.5 Å². The number of carbonyl (C=O) groups excluding carboxylic acids is 1. The molecule has 10 nitrogen and oxygen atoms in total. The fourth-order valence-corrected chi connectivity index (χ4v) is 2.75. The highest BCUT2D eigenvalue weighted by atomic mass is 35.5. The second kappa shape index (κ2) is 7.54. The molecular weight excluding hydrogens is 376 g/mol. The van der Waals surface area contributed by atoms with Gasteiger partial charge in [-0.15, -0.1) is 0 Å². The fraction of sp³-hybridized carbons (Fsp3) is 0.250. The molecule has 1 N–H and O–H groups in total. The molecule has 0 spiro atoms. The van der Waals surface area contributed by atoms with Crippen LogP contribution in [0.5, 0.6) is 0 Å². The number of halogens is 1. The number of hydrogen-bond acceptors (Lipinski definition) is 7. The Morgan fingerprint density at radius 2 is 2.11 bits per heavy atom. The molecule has 3 aromatic rings. The third-order valence-electron chi connectivity index (χ3n) is 3.88.